The normalized spacial score (nSPS) is 10.5. The van der Waals surface area contributed by atoms with Gasteiger partial charge >= 0.3 is 0 Å². The Morgan fingerprint density at radius 2 is 2.08 bits per heavy atom. The van der Waals surface area contributed by atoms with Crippen LogP contribution in [0, 0.1) is 12.7 Å². The number of hydrogen-bond acceptors (Lipinski definition) is 1. The van der Waals surface area contributed by atoms with Gasteiger partial charge < -0.3 is 0 Å². The maximum Gasteiger partial charge on any atom is 0.125 e. The first kappa shape index (κ1) is 7.22. The fraction of sp³-hybridized carbons (Fsp3) is 0.100. The number of benzene rings is 1. The Morgan fingerprint density at radius 3 is 2.92 bits per heavy atom. The number of hydrogen-bond donors (Lipinski definition) is 0. The van der Waals surface area contributed by atoms with E-state index in [9.17, 15) is 4.39 Å². The van der Waals surface area contributed by atoms with Crippen molar-refractivity contribution in [2.45, 2.75) is 6.92 Å². The summed E-state index contributed by atoms with van der Waals surface area (Å²) in [6.45, 7) is 1.99. The van der Waals surface area contributed by atoms with E-state index in [1.54, 1.807) is 12.3 Å². The second kappa shape index (κ2) is 2.55. The first-order valence-corrected chi connectivity index (χ1v) is 3.78. The minimum Gasteiger partial charge on any atom is -0.256 e. The van der Waals surface area contributed by atoms with Gasteiger partial charge in [-0.3, -0.25) is 4.98 Å². The average Bonchev–Trinajstić information content (AvgIpc) is 2.04. The van der Waals surface area contributed by atoms with Crippen molar-refractivity contribution in [1.29, 1.82) is 0 Å². The predicted molar refractivity (Wildman–Crippen MR) is 46.4 cm³/mol. The predicted octanol–water partition coefficient (Wildman–Crippen LogP) is 2.68. The molecular weight excluding hydrogens is 153 g/mol. The number of fused-ring (bicyclic) bond motifs is 1. The summed E-state index contributed by atoms with van der Waals surface area (Å²) in [5.41, 5.74) is 1.84. The van der Waals surface area contributed by atoms with Crippen LogP contribution in [-0.4, -0.2) is 4.98 Å². The van der Waals surface area contributed by atoms with Gasteiger partial charge in [0.05, 0.1) is 5.52 Å². The molecule has 0 radical (unpaired) electrons. The Bertz CT molecular complexity index is 423. The van der Waals surface area contributed by atoms with Crippen LogP contribution in [0.3, 0.4) is 0 Å². The van der Waals surface area contributed by atoms with Gasteiger partial charge in [0.15, 0.2) is 0 Å². The molecule has 0 aliphatic carbocycles. The lowest BCUT2D eigenvalue weighted by Gasteiger charge is -1.99. The van der Waals surface area contributed by atoms with Crippen LogP contribution >= 0.6 is 0 Å². The zero-order valence-electron chi connectivity index (χ0n) is 6.71. The quantitative estimate of drug-likeness (QED) is 0.578. The molecule has 0 atom stereocenters. The van der Waals surface area contributed by atoms with Crippen LogP contribution in [0.25, 0.3) is 10.9 Å². The van der Waals surface area contributed by atoms with Gasteiger partial charge in [-0.15, -0.1) is 0 Å². The molecule has 0 saturated carbocycles. The van der Waals surface area contributed by atoms with E-state index >= 15 is 0 Å². The number of pyridine rings is 1. The molecule has 0 unspecified atom stereocenters. The lowest BCUT2D eigenvalue weighted by atomic mass is 10.1. The van der Waals surface area contributed by atoms with E-state index < -0.39 is 0 Å². The van der Waals surface area contributed by atoms with Crippen LogP contribution in [0.4, 0.5) is 4.39 Å². The Hall–Kier alpha value is -1.44. The third-order valence-corrected chi connectivity index (χ3v) is 1.92. The van der Waals surface area contributed by atoms with E-state index in [4.69, 9.17) is 0 Å². The number of nitrogens with zero attached hydrogens (tertiary/aromatic N) is 1. The van der Waals surface area contributed by atoms with Gasteiger partial charge in [0.25, 0.3) is 0 Å². The summed E-state index contributed by atoms with van der Waals surface area (Å²) < 4.78 is 12.7. The van der Waals surface area contributed by atoms with Crippen molar-refractivity contribution in [3.8, 4) is 0 Å². The first-order valence-electron chi connectivity index (χ1n) is 3.78. The molecule has 0 saturated heterocycles. The Kier molecular flexibility index (Phi) is 1.54. The lowest BCUT2D eigenvalue weighted by Crippen LogP contribution is -1.83. The highest BCUT2D eigenvalue weighted by Crippen LogP contribution is 2.16. The molecule has 0 fully saturated rings. The summed E-state index contributed by atoms with van der Waals surface area (Å²) in [6, 6.07) is 6.58. The van der Waals surface area contributed by atoms with Gasteiger partial charge in [0.1, 0.15) is 5.82 Å². The van der Waals surface area contributed by atoms with Crippen molar-refractivity contribution >= 4 is 10.9 Å². The largest absolute Gasteiger partial charge is 0.256 e. The van der Waals surface area contributed by atoms with Crippen molar-refractivity contribution in [2.24, 2.45) is 0 Å². The van der Waals surface area contributed by atoms with Crippen LogP contribution in [0.5, 0.6) is 0 Å². The second-order valence-corrected chi connectivity index (χ2v) is 2.79. The molecule has 1 aromatic carbocycles. The summed E-state index contributed by atoms with van der Waals surface area (Å²) in [5.74, 6) is -0.236. The van der Waals surface area contributed by atoms with E-state index in [-0.39, 0.29) is 5.82 Å². The van der Waals surface area contributed by atoms with E-state index in [1.807, 2.05) is 13.0 Å². The molecular formula is C10H8FN. The summed E-state index contributed by atoms with van der Waals surface area (Å²) in [7, 11) is 0. The van der Waals surface area contributed by atoms with Gasteiger partial charge in [0.2, 0.25) is 0 Å². The molecule has 0 amide bonds. The molecule has 2 rings (SSSR count). The van der Waals surface area contributed by atoms with Crippen LogP contribution in [0.2, 0.25) is 0 Å². The van der Waals surface area contributed by atoms with Gasteiger partial charge in [-0.25, -0.2) is 4.39 Å². The van der Waals surface area contributed by atoms with E-state index in [0.29, 0.717) is 0 Å². The maximum atomic E-state index is 12.7. The fourth-order valence-electron chi connectivity index (χ4n) is 1.26. The topological polar surface area (TPSA) is 12.9 Å². The van der Waals surface area contributed by atoms with Gasteiger partial charge in [0, 0.05) is 17.6 Å². The molecule has 0 spiro atoms. The smallest absolute Gasteiger partial charge is 0.125 e. The molecule has 0 N–H and O–H groups in total. The zero-order valence-corrected chi connectivity index (χ0v) is 6.71. The summed E-state index contributed by atoms with van der Waals surface area (Å²) >= 11 is 0. The van der Waals surface area contributed by atoms with E-state index in [2.05, 4.69) is 4.98 Å². The number of halogens is 1. The molecule has 1 heterocycles. The SMILES string of the molecule is Cc1ccnc2cc(F)ccc12. The lowest BCUT2D eigenvalue weighted by molar-refractivity contribution is 0.629. The average molecular weight is 161 g/mol. The van der Waals surface area contributed by atoms with Crippen LogP contribution in [0.15, 0.2) is 30.5 Å². The van der Waals surface area contributed by atoms with Crippen molar-refractivity contribution in [1.82, 2.24) is 4.98 Å². The van der Waals surface area contributed by atoms with Gasteiger partial charge in [-0.2, -0.15) is 0 Å². The van der Waals surface area contributed by atoms with Crippen molar-refractivity contribution in [3.63, 3.8) is 0 Å². The fourth-order valence-corrected chi connectivity index (χ4v) is 1.26. The molecule has 1 nitrogen and oxygen atoms in total. The van der Waals surface area contributed by atoms with E-state index in [1.165, 1.54) is 12.1 Å². The van der Waals surface area contributed by atoms with Crippen molar-refractivity contribution in [2.75, 3.05) is 0 Å². The molecule has 0 bridgehead atoms. The second-order valence-electron chi connectivity index (χ2n) is 2.79. The monoisotopic (exact) mass is 161 g/mol. The Labute approximate surface area is 69.9 Å². The molecule has 2 heteroatoms. The number of rotatable bonds is 0. The zero-order chi connectivity index (χ0) is 8.55. The molecule has 60 valence electrons. The van der Waals surface area contributed by atoms with Crippen molar-refractivity contribution < 1.29 is 4.39 Å². The molecule has 2 aromatic rings. The van der Waals surface area contributed by atoms with Gasteiger partial charge in [-0.1, -0.05) is 0 Å². The third-order valence-electron chi connectivity index (χ3n) is 1.92. The van der Waals surface area contributed by atoms with Crippen LogP contribution in [-0.2, 0) is 0 Å². The molecule has 0 aliphatic heterocycles. The highest BCUT2D eigenvalue weighted by Gasteiger charge is 1.97. The van der Waals surface area contributed by atoms with Crippen LogP contribution < -0.4 is 0 Å². The molecule has 12 heavy (non-hydrogen) atoms. The molecule has 1 aromatic heterocycles. The van der Waals surface area contributed by atoms with Crippen molar-refractivity contribution in [3.05, 3.63) is 41.8 Å². The summed E-state index contributed by atoms with van der Waals surface area (Å²) in [4.78, 5) is 4.06. The minimum atomic E-state index is -0.236. The number of aryl methyl sites for hydroxylation is 1. The van der Waals surface area contributed by atoms with Gasteiger partial charge in [-0.05, 0) is 30.7 Å². The molecule has 0 aliphatic rings. The minimum absolute atomic E-state index is 0.236. The highest BCUT2D eigenvalue weighted by atomic mass is 19.1. The Balaban J connectivity index is 2.86. The van der Waals surface area contributed by atoms with Crippen LogP contribution in [0.1, 0.15) is 5.56 Å². The Morgan fingerprint density at radius 1 is 1.25 bits per heavy atom. The standard InChI is InChI=1S/C10H8FN/c1-7-4-5-12-10-6-8(11)2-3-9(7)10/h2-6H,1H3. The number of aromatic nitrogens is 1. The maximum absolute atomic E-state index is 12.7. The van der Waals surface area contributed by atoms with E-state index in [0.717, 1.165) is 16.5 Å². The summed E-state index contributed by atoms with van der Waals surface area (Å²) in [6.07, 6.45) is 1.69. The highest BCUT2D eigenvalue weighted by molar-refractivity contribution is 5.81. The third kappa shape index (κ3) is 1.05. The first-order chi connectivity index (χ1) is 5.77. The summed E-state index contributed by atoms with van der Waals surface area (Å²) in [5, 5.41) is 1.01.